The average Bonchev–Trinajstić information content (AvgIpc) is 3.35. The zero-order valence-electron chi connectivity index (χ0n) is 26.1. The molecule has 0 radical (unpaired) electrons. The molecule has 9 nitrogen and oxygen atoms in total. The average molecular weight is 579 g/mol. The highest BCUT2D eigenvalue weighted by Gasteiger charge is 2.36. The first-order valence-electron chi connectivity index (χ1n) is 14.3. The lowest BCUT2D eigenvalue weighted by molar-refractivity contribution is 0.00776. The molecule has 2 heterocycles. The molecule has 1 amide bonds. The van der Waals surface area contributed by atoms with Gasteiger partial charge in [0, 0.05) is 37.0 Å². The van der Waals surface area contributed by atoms with Crippen LogP contribution in [-0.2, 0) is 14.2 Å². The Morgan fingerprint density at radius 3 is 2.07 bits per heavy atom. The van der Waals surface area contributed by atoms with Gasteiger partial charge in [-0.05, 0) is 90.3 Å². The number of amides is 1. The van der Waals surface area contributed by atoms with Crippen LogP contribution in [0.3, 0.4) is 0 Å². The Balaban J connectivity index is 1.70. The second kappa shape index (κ2) is 11.7. The lowest BCUT2D eigenvalue weighted by atomic mass is 9.87. The molecule has 42 heavy (non-hydrogen) atoms. The molecule has 0 spiro atoms. The van der Waals surface area contributed by atoms with Crippen molar-refractivity contribution < 1.29 is 33.3 Å². The molecular formula is C33H42N2O7. The zero-order chi connectivity index (χ0) is 31.0. The molecule has 1 aromatic heterocycles. The summed E-state index contributed by atoms with van der Waals surface area (Å²) >= 11 is 0. The molecule has 2 atom stereocenters. The second-order valence-corrected chi connectivity index (χ2v) is 12.9. The largest absolute Gasteiger partial charge is 0.489 e. The third-order valence-electron chi connectivity index (χ3n) is 7.12. The number of carbonyl (C=O) groups excluding carboxylic acids is 3. The standard InChI is InChI=1S/C33H42N2O7/c1-20-18-21(2)28(24-14-17-35(27(20)24)31(38)42-33(6,7)8)40-26-15-16-34(30(37)41-32(3,4)5)19-25(26)22-10-12-23(13-11-22)29(36)39-9/h10-14,17-18,25-26H,15-16,19H2,1-9H3/t25-,26+/m0/s1. The first kappa shape index (κ1) is 30.9. The molecular weight excluding hydrogens is 536 g/mol. The second-order valence-electron chi connectivity index (χ2n) is 12.9. The zero-order valence-corrected chi connectivity index (χ0v) is 26.1. The minimum atomic E-state index is -0.635. The molecule has 0 aliphatic carbocycles. The lowest BCUT2D eigenvalue weighted by Gasteiger charge is -2.39. The van der Waals surface area contributed by atoms with Crippen molar-refractivity contribution in [2.24, 2.45) is 0 Å². The summed E-state index contributed by atoms with van der Waals surface area (Å²) in [7, 11) is 1.35. The summed E-state index contributed by atoms with van der Waals surface area (Å²) < 4.78 is 24.5. The third-order valence-corrected chi connectivity index (χ3v) is 7.12. The Labute approximate surface area is 247 Å². The van der Waals surface area contributed by atoms with Crippen molar-refractivity contribution in [2.45, 2.75) is 85.0 Å². The molecule has 0 N–H and O–H groups in total. The summed E-state index contributed by atoms with van der Waals surface area (Å²) in [6, 6.07) is 11.1. The lowest BCUT2D eigenvalue weighted by Crippen LogP contribution is -2.48. The Kier molecular flexibility index (Phi) is 8.62. The molecule has 226 valence electrons. The van der Waals surface area contributed by atoms with Crippen molar-refractivity contribution in [3.05, 3.63) is 64.8 Å². The maximum Gasteiger partial charge on any atom is 0.419 e. The number of hydrogen-bond donors (Lipinski definition) is 0. The van der Waals surface area contributed by atoms with E-state index in [9.17, 15) is 14.4 Å². The number of ether oxygens (including phenoxy) is 4. The van der Waals surface area contributed by atoms with E-state index in [2.05, 4.69) is 0 Å². The number of fused-ring (bicyclic) bond motifs is 1. The minimum Gasteiger partial charge on any atom is -0.489 e. The fourth-order valence-corrected chi connectivity index (χ4v) is 5.33. The van der Waals surface area contributed by atoms with Gasteiger partial charge in [-0.2, -0.15) is 0 Å². The Bertz CT molecular complexity index is 1480. The van der Waals surface area contributed by atoms with Crippen molar-refractivity contribution in [3.63, 3.8) is 0 Å². The topological polar surface area (TPSA) is 96.3 Å². The highest BCUT2D eigenvalue weighted by atomic mass is 16.6. The minimum absolute atomic E-state index is 0.207. The van der Waals surface area contributed by atoms with E-state index in [1.54, 1.807) is 23.2 Å². The van der Waals surface area contributed by atoms with Crippen LogP contribution < -0.4 is 4.74 Å². The fourth-order valence-electron chi connectivity index (χ4n) is 5.33. The van der Waals surface area contributed by atoms with Crippen LogP contribution in [0.15, 0.2) is 42.6 Å². The Hall–Kier alpha value is -4.01. The van der Waals surface area contributed by atoms with Crippen LogP contribution >= 0.6 is 0 Å². The van der Waals surface area contributed by atoms with Crippen molar-refractivity contribution in [1.29, 1.82) is 0 Å². The van der Waals surface area contributed by atoms with E-state index in [0.29, 0.717) is 30.8 Å². The van der Waals surface area contributed by atoms with E-state index in [4.69, 9.17) is 18.9 Å². The van der Waals surface area contributed by atoms with Crippen LogP contribution in [0.25, 0.3) is 10.9 Å². The number of rotatable bonds is 4. The smallest absolute Gasteiger partial charge is 0.419 e. The van der Waals surface area contributed by atoms with Crippen LogP contribution in [0.2, 0.25) is 0 Å². The van der Waals surface area contributed by atoms with Crippen molar-refractivity contribution in [1.82, 2.24) is 9.47 Å². The summed E-state index contributed by atoms with van der Waals surface area (Å²) in [4.78, 5) is 39.8. The molecule has 1 aliphatic rings. The molecule has 0 unspecified atom stereocenters. The molecule has 1 saturated heterocycles. The monoisotopic (exact) mass is 578 g/mol. The number of aryl methyl sites for hydroxylation is 2. The van der Waals surface area contributed by atoms with Gasteiger partial charge in [-0.15, -0.1) is 0 Å². The number of carbonyl (C=O) groups is 3. The van der Waals surface area contributed by atoms with Gasteiger partial charge in [0.25, 0.3) is 0 Å². The number of likely N-dealkylation sites (tertiary alicyclic amines) is 1. The summed E-state index contributed by atoms with van der Waals surface area (Å²) in [5, 5.41) is 0.813. The summed E-state index contributed by atoms with van der Waals surface area (Å²) in [5.74, 6) is 0.0621. The molecule has 2 aromatic carbocycles. The maximum absolute atomic E-state index is 13.0. The van der Waals surface area contributed by atoms with E-state index in [1.165, 1.54) is 11.7 Å². The number of esters is 1. The van der Waals surface area contributed by atoms with Crippen molar-refractivity contribution in [2.75, 3.05) is 20.2 Å². The summed E-state index contributed by atoms with van der Waals surface area (Å²) in [6.45, 7) is 15.8. The van der Waals surface area contributed by atoms with Gasteiger partial charge in [-0.25, -0.2) is 14.4 Å². The summed E-state index contributed by atoms with van der Waals surface area (Å²) in [5.41, 5.74) is 2.72. The van der Waals surface area contributed by atoms with Gasteiger partial charge in [0.2, 0.25) is 0 Å². The number of piperidine rings is 1. The Morgan fingerprint density at radius 1 is 0.857 bits per heavy atom. The van der Waals surface area contributed by atoms with Gasteiger partial charge < -0.3 is 23.8 Å². The van der Waals surface area contributed by atoms with Crippen LogP contribution in [0.5, 0.6) is 5.75 Å². The Morgan fingerprint density at radius 2 is 1.48 bits per heavy atom. The molecule has 0 bridgehead atoms. The predicted molar refractivity (Wildman–Crippen MR) is 160 cm³/mol. The van der Waals surface area contributed by atoms with Crippen molar-refractivity contribution in [3.8, 4) is 5.75 Å². The molecule has 9 heteroatoms. The van der Waals surface area contributed by atoms with E-state index < -0.39 is 23.3 Å². The fraction of sp³-hybridized carbons (Fsp3) is 0.485. The molecule has 1 fully saturated rings. The van der Waals surface area contributed by atoms with Crippen LogP contribution in [0.1, 0.15) is 80.9 Å². The van der Waals surface area contributed by atoms with Crippen LogP contribution in [0.4, 0.5) is 9.59 Å². The van der Waals surface area contributed by atoms with Gasteiger partial charge in [0.1, 0.15) is 23.1 Å². The van der Waals surface area contributed by atoms with Gasteiger partial charge >= 0.3 is 18.2 Å². The quantitative estimate of drug-likeness (QED) is 0.243. The third kappa shape index (κ3) is 6.89. The van der Waals surface area contributed by atoms with Crippen LogP contribution in [-0.4, -0.2) is 65.1 Å². The van der Waals surface area contributed by atoms with Crippen molar-refractivity contribution >= 4 is 29.1 Å². The number of benzene rings is 2. The predicted octanol–water partition coefficient (Wildman–Crippen LogP) is 7.00. The highest BCUT2D eigenvalue weighted by molar-refractivity contribution is 5.96. The van der Waals surface area contributed by atoms with Gasteiger partial charge in [0.05, 0.1) is 18.2 Å². The number of hydrogen-bond acceptors (Lipinski definition) is 7. The maximum atomic E-state index is 13.0. The van der Waals surface area contributed by atoms with E-state index in [1.807, 2.05) is 79.7 Å². The normalized spacial score (nSPS) is 17.6. The first-order chi connectivity index (χ1) is 19.6. The SMILES string of the molecule is COC(=O)c1ccc([C@@H]2CN(C(=O)OC(C)(C)C)CC[C@H]2Oc2c(C)cc(C)c3c2ccn3C(=O)OC(C)(C)C)cc1. The first-order valence-corrected chi connectivity index (χ1v) is 14.3. The highest BCUT2D eigenvalue weighted by Crippen LogP contribution is 2.38. The molecule has 3 aromatic rings. The van der Waals surface area contributed by atoms with Crippen LogP contribution in [0, 0.1) is 13.8 Å². The van der Waals surface area contributed by atoms with Gasteiger partial charge in [-0.1, -0.05) is 18.2 Å². The van der Waals surface area contributed by atoms with E-state index in [0.717, 1.165) is 27.6 Å². The number of aromatic nitrogens is 1. The van der Waals surface area contributed by atoms with E-state index in [-0.39, 0.29) is 18.1 Å². The number of nitrogens with zero attached hydrogens (tertiary/aromatic N) is 2. The number of methoxy groups -OCH3 is 1. The molecule has 4 rings (SSSR count). The van der Waals surface area contributed by atoms with Gasteiger partial charge in [-0.3, -0.25) is 4.57 Å². The van der Waals surface area contributed by atoms with Gasteiger partial charge in [0.15, 0.2) is 0 Å². The molecule has 1 aliphatic heterocycles. The summed E-state index contributed by atoms with van der Waals surface area (Å²) in [6.07, 6.45) is 1.16. The molecule has 0 saturated carbocycles. The van der Waals surface area contributed by atoms with E-state index >= 15 is 0 Å².